The SMILES string of the molecule is Cc1cccc2nc(C(=O)N3CC[C@H](c4ccccc4C(=O)O)C3)cn12. The molecule has 132 valence electrons. The van der Waals surface area contributed by atoms with Gasteiger partial charge in [-0.2, -0.15) is 0 Å². The Morgan fingerprint density at radius 2 is 1.96 bits per heavy atom. The molecule has 0 aliphatic carbocycles. The second kappa shape index (κ2) is 6.29. The van der Waals surface area contributed by atoms with E-state index in [9.17, 15) is 14.7 Å². The molecule has 0 radical (unpaired) electrons. The Morgan fingerprint density at radius 3 is 2.73 bits per heavy atom. The first-order chi connectivity index (χ1) is 12.5. The fourth-order valence-corrected chi connectivity index (χ4v) is 3.66. The largest absolute Gasteiger partial charge is 0.478 e. The van der Waals surface area contributed by atoms with Crippen LogP contribution in [-0.4, -0.2) is 44.4 Å². The number of aromatic nitrogens is 2. The van der Waals surface area contributed by atoms with Crippen molar-refractivity contribution in [2.75, 3.05) is 13.1 Å². The second-order valence-corrected chi connectivity index (χ2v) is 6.65. The van der Waals surface area contributed by atoms with E-state index < -0.39 is 5.97 Å². The van der Waals surface area contributed by atoms with Gasteiger partial charge in [-0.15, -0.1) is 0 Å². The van der Waals surface area contributed by atoms with Gasteiger partial charge in [-0.25, -0.2) is 9.78 Å². The third kappa shape index (κ3) is 2.73. The van der Waals surface area contributed by atoms with Gasteiger partial charge in [-0.05, 0) is 37.1 Å². The van der Waals surface area contributed by atoms with Crippen molar-refractivity contribution in [3.63, 3.8) is 0 Å². The molecule has 3 aromatic rings. The average Bonchev–Trinajstić information content (AvgIpc) is 3.29. The molecule has 1 N–H and O–H groups in total. The number of imidazole rings is 1. The molecule has 0 saturated carbocycles. The number of rotatable bonds is 3. The summed E-state index contributed by atoms with van der Waals surface area (Å²) >= 11 is 0. The summed E-state index contributed by atoms with van der Waals surface area (Å²) in [5, 5.41) is 9.39. The molecule has 0 unspecified atom stereocenters. The minimum atomic E-state index is -0.929. The van der Waals surface area contributed by atoms with Crippen molar-refractivity contribution in [1.82, 2.24) is 14.3 Å². The standard InChI is InChI=1S/C20H19N3O3/c1-13-5-4-8-18-21-17(12-23(13)18)19(24)22-10-9-14(11-22)15-6-2-3-7-16(15)20(25)26/h2-8,12,14H,9-11H2,1H3,(H,25,26)/t14-/m0/s1. The summed E-state index contributed by atoms with van der Waals surface area (Å²) in [4.78, 5) is 30.5. The van der Waals surface area contributed by atoms with E-state index in [1.807, 2.05) is 41.7 Å². The maximum atomic E-state index is 12.9. The van der Waals surface area contributed by atoms with Gasteiger partial charge in [0.25, 0.3) is 5.91 Å². The number of carbonyl (C=O) groups excluding carboxylic acids is 1. The van der Waals surface area contributed by atoms with E-state index in [4.69, 9.17) is 0 Å². The van der Waals surface area contributed by atoms with Gasteiger partial charge in [0.15, 0.2) is 0 Å². The normalized spacial score (nSPS) is 17.0. The zero-order valence-corrected chi connectivity index (χ0v) is 14.4. The Balaban J connectivity index is 1.57. The number of carboxylic acids is 1. The molecule has 0 spiro atoms. The van der Waals surface area contributed by atoms with Crippen LogP contribution in [0.15, 0.2) is 48.7 Å². The van der Waals surface area contributed by atoms with Gasteiger partial charge < -0.3 is 14.4 Å². The van der Waals surface area contributed by atoms with Crippen molar-refractivity contribution < 1.29 is 14.7 Å². The molecule has 6 nitrogen and oxygen atoms in total. The third-order valence-electron chi connectivity index (χ3n) is 5.02. The zero-order valence-electron chi connectivity index (χ0n) is 14.4. The number of benzene rings is 1. The van der Waals surface area contributed by atoms with Crippen molar-refractivity contribution in [2.24, 2.45) is 0 Å². The summed E-state index contributed by atoms with van der Waals surface area (Å²) in [5.41, 5.74) is 3.30. The lowest BCUT2D eigenvalue weighted by molar-refractivity contribution is 0.0695. The van der Waals surface area contributed by atoms with Crippen LogP contribution in [0.3, 0.4) is 0 Å². The number of carbonyl (C=O) groups is 2. The number of fused-ring (bicyclic) bond motifs is 1. The highest BCUT2D eigenvalue weighted by molar-refractivity contribution is 5.93. The summed E-state index contributed by atoms with van der Waals surface area (Å²) in [6.07, 6.45) is 2.52. The van der Waals surface area contributed by atoms with Crippen molar-refractivity contribution in [3.8, 4) is 0 Å². The highest BCUT2D eigenvalue weighted by atomic mass is 16.4. The van der Waals surface area contributed by atoms with Crippen LogP contribution in [0.25, 0.3) is 5.65 Å². The zero-order chi connectivity index (χ0) is 18.3. The number of aromatic carboxylic acids is 1. The van der Waals surface area contributed by atoms with Crippen LogP contribution < -0.4 is 0 Å². The molecule has 1 atom stereocenters. The fraction of sp³-hybridized carbons (Fsp3) is 0.250. The van der Waals surface area contributed by atoms with Crippen molar-refractivity contribution >= 4 is 17.5 Å². The van der Waals surface area contributed by atoms with Crippen LogP contribution in [0.5, 0.6) is 0 Å². The number of hydrogen-bond donors (Lipinski definition) is 1. The van der Waals surface area contributed by atoms with E-state index in [-0.39, 0.29) is 11.8 Å². The topological polar surface area (TPSA) is 74.9 Å². The average molecular weight is 349 g/mol. The van der Waals surface area contributed by atoms with E-state index in [1.54, 1.807) is 23.2 Å². The van der Waals surface area contributed by atoms with Gasteiger partial charge in [0, 0.05) is 30.9 Å². The maximum absolute atomic E-state index is 12.9. The Bertz CT molecular complexity index is 1010. The minimum absolute atomic E-state index is 0.0324. The number of likely N-dealkylation sites (tertiary alicyclic amines) is 1. The predicted octanol–water partition coefficient (Wildman–Crippen LogP) is 2.97. The van der Waals surface area contributed by atoms with Gasteiger partial charge >= 0.3 is 5.97 Å². The van der Waals surface area contributed by atoms with Gasteiger partial charge in [0.2, 0.25) is 0 Å². The molecule has 1 aliphatic rings. The van der Waals surface area contributed by atoms with Crippen LogP contribution in [-0.2, 0) is 0 Å². The lowest BCUT2D eigenvalue weighted by Gasteiger charge is -2.16. The second-order valence-electron chi connectivity index (χ2n) is 6.65. The molecule has 0 bridgehead atoms. The fourth-order valence-electron chi connectivity index (χ4n) is 3.66. The van der Waals surface area contributed by atoms with Crippen LogP contribution in [0, 0.1) is 6.92 Å². The third-order valence-corrected chi connectivity index (χ3v) is 5.02. The lowest BCUT2D eigenvalue weighted by atomic mass is 9.93. The number of pyridine rings is 1. The molecule has 1 saturated heterocycles. The Hall–Kier alpha value is -3.15. The van der Waals surface area contributed by atoms with Gasteiger partial charge in [0.1, 0.15) is 11.3 Å². The van der Waals surface area contributed by atoms with Crippen LogP contribution in [0.1, 0.15) is 44.4 Å². The Kier molecular flexibility index (Phi) is 3.95. The van der Waals surface area contributed by atoms with Crippen LogP contribution in [0.4, 0.5) is 0 Å². The van der Waals surface area contributed by atoms with E-state index >= 15 is 0 Å². The number of nitrogens with zero attached hydrogens (tertiary/aromatic N) is 3. The molecule has 1 aliphatic heterocycles. The first kappa shape index (κ1) is 16.3. The minimum Gasteiger partial charge on any atom is -0.478 e. The lowest BCUT2D eigenvalue weighted by Crippen LogP contribution is -2.28. The van der Waals surface area contributed by atoms with E-state index in [2.05, 4.69) is 4.98 Å². The Morgan fingerprint density at radius 1 is 1.15 bits per heavy atom. The van der Waals surface area contributed by atoms with Crippen LogP contribution >= 0.6 is 0 Å². The molecule has 4 rings (SSSR count). The molecule has 2 aromatic heterocycles. The van der Waals surface area contributed by atoms with Crippen molar-refractivity contribution in [3.05, 3.63) is 71.2 Å². The Labute approximate surface area is 150 Å². The number of amides is 1. The number of aryl methyl sites for hydroxylation is 1. The van der Waals surface area contributed by atoms with E-state index in [1.165, 1.54) is 0 Å². The summed E-state index contributed by atoms with van der Waals surface area (Å²) in [6.45, 7) is 3.08. The van der Waals surface area contributed by atoms with E-state index in [0.717, 1.165) is 23.3 Å². The maximum Gasteiger partial charge on any atom is 0.335 e. The van der Waals surface area contributed by atoms with Crippen molar-refractivity contribution in [1.29, 1.82) is 0 Å². The van der Waals surface area contributed by atoms with Gasteiger partial charge in [-0.3, -0.25) is 4.79 Å². The summed E-state index contributed by atoms with van der Waals surface area (Å²) in [6, 6.07) is 12.8. The van der Waals surface area contributed by atoms with Crippen molar-refractivity contribution in [2.45, 2.75) is 19.3 Å². The van der Waals surface area contributed by atoms with Crippen LogP contribution in [0.2, 0.25) is 0 Å². The smallest absolute Gasteiger partial charge is 0.335 e. The quantitative estimate of drug-likeness (QED) is 0.789. The first-order valence-corrected chi connectivity index (χ1v) is 8.61. The highest BCUT2D eigenvalue weighted by Crippen LogP contribution is 2.30. The molecular formula is C20H19N3O3. The molecule has 1 amide bonds. The number of carboxylic acid groups (broad SMARTS) is 1. The van der Waals surface area contributed by atoms with E-state index in [0.29, 0.717) is 24.3 Å². The highest BCUT2D eigenvalue weighted by Gasteiger charge is 2.31. The van der Waals surface area contributed by atoms with Gasteiger partial charge in [0.05, 0.1) is 5.56 Å². The molecule has 6 heteroatoms. The molecule has 1 fully saturated rings. The summed E-state index contributed by atoms with van der Waals surface area (Å²) < 4.78 is 1.90. The summed E-state index contributed by atoms with van der Waals surface area (Å²) in [5.74, 6) is -1.00. The predicted molar refractivity (Wildman–Crippen MR) is 96.6 cm³/mol. The molecule has 3 heterocycles. The van der Waals surface area contributed by atoms with Gasteiger partial charge in [-0.1, -0.05) is 24.3 Å². The number of hydrogen-bond acceptors (Lipinski definition) is 3. The molecule has 1 aromatic carbocycles. The molecule has 26 heavy (non-hydrogen) atoms. The monoisotopic (exact) mass is 349 g/mol. The summed E-state index contributed by atoms with van der Waals surface area (Å²) in [7, 11) is 0. The first-order valence-electron chi connectivity index (χ1n) is 8.61. The molecular weight excluding hydrogens is 330 g/mol.